The number of carbonyl (C=O) groups excluding carboxylic acids is 1. The minimum absolute atomic E-state index is 0.00562. The van der Waals surface area contributed by atoms with Crippen molar-refractivity contribution in [2.75, 3.05) is 43.3 Å². The quantitative estimate of drug-likeness (QED) is 0.670. The van der Waals surface area contributed by atoms with Crippen LogP contribution in [0.2, 0.25) is 0 Å². The second-order valence-electron chi connectivity index (χ2n) is 7.27. The predicted molar refractivity (Wildman–Crippen MR) is 117 cm³/mol. The summed E-state index contributed by atoms with van der Waals surface area (Å²) in [5, 5.41) is 3.69. The van der Waals surface area contributed by atoms with Crippen LogP contribution in [0.25, 0.3) is 10.9 Å². The Morgan fingerprint density at radius 3 is 2.60 bits per heavy atom. The van der Waals surface area contributed by atoms with Crippen LogP contribution in [0.4, 0.5) is 17.5 Å². The third-order valence-electron chi connectivity index (χ3n) is 5.34. The lowest BCUT2D eigenvalue weighted by Crippen LogP contribution is -2.41. The van der Waals surface area contributed by atoms with Crippen LogP contribution in [0.15, 0.2) is 42.5 Å². The topological polar surface area (TPSA) is 103 Å². The first kappa shape index (κ1) is 19.8. The van der Waals surface area contributed by atoms with Gasteiger partial charge < -0.3 is 25.4 Å². The number of ether oxygens (including phenoxy) is 2. The maximum Gasteiger partial charge on any atom is 0.229 e. The molecule has 0 spiro atoms. The van der Waals surface area contributed by atoms with Gasteiger partial charge in [-0.2, -0.15) is 4.98 Å². The monoisotopic (exact) mass is 407 g/mol. The van der Waals surface area contributed by atoms with Crippen molar-refractivity contribution in [2.24, 2.45) is 5.92 Å². The van der Waals surface area contributed by atoms with Crippen molar-refractivity contribution in [3.63, 3.8) is 0 Å². The fraction of sp³-hybridized carbons (Fsp3) is 0.318. The highest BCUT2D eigenvalue weighted by Gasteiger charge is 2.28. The van der Waals surface area contributed by atoms with E-state index in [-0.39, 0.29) is 11.8 Å². The minimum atomic E-state index is -0.148. The molecule has 2 aromatic carbocycles. The number of nitrogen functional groups attached to an aromatic ring is 1. The maximum absolute atomic E-state index is 12.7. The summed E-state index contributed by atoms with van der Waals surface area (Å²) in [5.74, 6) is 1.89. The number of benzene rings is 2. The Balaban J connectivity index is 1.57. The van der Waals surface area contributed by atoms with Crippen LogP contribution in [0.1, 0.15) is 12.8 Å². The molecule has 0 bridgehead atoms. The molecule has 1 aliphatic heterocycles. The van der Waals surface area contributed by atoms with Gasteiger partial charge >= 0.3 is 0 Å². The van der Waals surface area contributed by atoms with Gasteiger partial charge in [-0.05, 0) is 31.0 Å². The number of aromatic nitrogens is 2. The first-order valence-corrected chi connectivity index (χ1v) is 9.89. The lowest BCUT2D eigenvalue weighted by molar-refractivity contribution is -0.120. The Morgan fingerprint density at radius 1 is 1.13 bits per heavy atom. The molecule has 156 valence electrons. The number of para-hydroxylation sites is 1. The Hall–Kier alpha value is -3.55. The molecule has 3 aromatic rings. The fourth-order valence-corrected chi connectivity index (χ4v) is 3.75. The molecule has 1 unspecified atom stereocenters. The summed E-state index contributed by atoms with van der Waals surface area (Å²) in [6.45, 7) is 1.31. The number of nitrogens with one attached hydrogen (secondary N) is 1. The highest BCUT2D eigenvalue weighted by Crippen LogP contribution is 2.34. The molecule has 0 saturated carbocycles. The number of carbonyl (C=O) groups is 1. The summed E-state index contributed by atoms with van der Waals surface area (Å²) in [6, 6.07) is 13.1. The molecule has 1 atom stereocenters. The van der Waals surface area contributed by atoms with Gasteiger partial charge in [-0.25, -0.2) is 4.98 Å². The van der Waals surface area contributed by atoms with Gasteiger partial charge in [0.15, 0.2) is 11.5 Å². The second kappa shape index (κ2) is 8.44. The average Bonchev–Trinajstić information content (AvgIpc) is 2.79. The van der Waals surface area contributed by atoms with Gasteiger partial charge in [0.25, 0.3) is 0 Å². The van der Waals surface area contributed by atoms with Gasteiger partial charge in [0.05, 0.1) is 25.7 Å². The van der Waals surface area contributed by atoms with E-state index in [0.717, 1.165) is 25.1 Å². The first-order chi connectivity index (χ1) is 14.6. The van der Waals surface area contributed by atoms with Gasteiger partial charge in [0.2, 0.25) is 11.9 Å². The van der Waals surface area contributed by atoms with Gasteiger partial charge in [-0.1, -0.05) is 18.2 Å². The number of piperidine rings is 1. The summed E-state index contributed by atoms with van der Waals surface area (Å²) in [5.41, 5.74) is 7.69. The Labute approximate surface area is 175 Å². The summed E-state index contributed by atoms with van der Waals surface area (Å²) in [7, 11) is 3.15. The van der Waals surface area contributed by atoms with E-state index in [0.29, 0.717) is 40.7 Å². The summed E-state index contributed by atoms with van der Waals surface area (Å²) < 4.78 is 10.7. The summed E-state index contributed by atoms with van der Waals surface area (Å²) in [6.07, 6.45) is 1.70. The normalized spacial score (nSPS) is 16.3. The van der Waals surface area contributed by atoms with Crippen molar-refractivity contribution < 1.29 is 14.3 Å². The average molecular weight is 407 g/mol. The molecule has 0 radical (unpaired) electrons. The number of hydrogen-bond acceptors (Lipinski definition) is 7. The summed E-state index contributed by atoms with van der Waals surface area (Å²) >= 11 is 0. The van der Waals surface area contributed by atoms with E-state index in [1.807, 2.05) is 35.2 Å². The molecule has 3 N–H and O–H groups in total. The van der Waals surface area contributed by atoms with E-state index >= 15 is 0 Å². The van der Waals surface area contributed by atoms with Crippen LogP contribution >= 0.6 is 0 Å². The Bertz CT molecular complexity index is 1060. The van der Waals surface area contributed by atoms with E-state index in [2.05, 4.69) is 15.3 Å². The van der Waals surface area contributed by atoms with E-state index in [9.17, 15) is 4.79 Å². The molecule has 1 amide bonds. The highest BCUT2D eigenvalue weighted by atomic mass is 16.5. The number of fused-ring (bicyclic) bond motifs is 1. The van der Waals surface area contributed by atoms with E-state index in [1.54, 1.807) is 26.4 Å². The number of anilines is 3. The third-order valence-corrected chi connectivity index (χ3v) is 5.34. The Kier molecular flexibility index (Phi) is 5.56. The number of hydrogen-bond donors (Lipinski definition) is 2. The van der Waals surface area contributed by atoms with E-state index in [4.69, 9.17) is 15.2 Å². The van der Waals surface area contributed by atoms with Crippen LogP contribution in [0.5, 0.6) is 11.5 Å². The zero-order valence-corrected chi connectivity index (χ0v) is 17.1. The molecule has 1 saturated heterocycles. The lowest BCUT2D eigenvalue weighted by atomic mass is 9.97. The first-order valence-electron chi connectivity index (χ1n) is 9.89. The van der Waals surface area contributed by atoms with Crippen molar-refractivity contribution in [1.82, 2.24) is 9.97 Å². The number of amides is 1. The smallest absolute Gasteiger partial charge is 0.229 e. The van der Waals surface area contributed by atoms with Crippen LogP contribution in [0, 0.1) is 5.92 Å². The largest absolute Gasteiger partial charge is 0.493 e. The Morgan fingerprint density at radius 2 is 1.87 bits per heavy atom. The molecule has 30 heavy (non-hydrogen) atoms. The molecule has 1 aromatic heterocycles. The summed E-state index contributed by atoms with van der Waals surface area (Å²) in [4.78, 5) is 24.0. The molecule has 8 nitrogen and oxygen atoms in total. The van der Waals surface area contributed by atoms with Crippen LogP contribution in [-0.2, 0) is 4.79 Å². The molecule has 2 heterocycles. The maximum atomic E-state index is 12.7. The molecule has 1 aliphatic rings. The number of methoxy groups -OCH3 is 2. The molecular formula is C22H25N5O3. The van der Waals surface area contributed by atoms with Crippen molar-refractivity contribution in [3.05, 3.63) is 42.5 Å². The lowest BCUT2D eigenvalue weighted by Gasteiger charge is -2.32. The van der Waals surface area contributed by atoms with Crippen molar-refractivity contribution in [2.45, 2.75) is 12.8 Å². The molecular weight excluding hydrogens is 382 g/mol. The highest BCUT2D eigenvalue weighted by molar-refractivity contribution is 5.93. The van der Waals surface area contributed by atoms with Crippen molar-refractivity contribution >= 4 is 34.3 Å². The molecule has 1 fully saturated rings. The minimum Gasteiger partial charge on any atom is -0.493 e. The molecule has 8 heteroatoms. The standard InChI is InChI=1S/C22H25N5O3/c1-29-18-11-16-17(12-19(18)30-2)25-22(26-20(16)23)27-10-6-7-14(13-27)21(28)24-15-8-4-3-5-9-15/h3-5,8-9,11-12,14H,6-7,10,13H2,1-2H3,(H,24,28)(H2,23,25,26). The van der Waals surface area contributed by atoms with E-state index < -0.39 is 0 Å². The van der Waals surface area contributed by atoms with Crippen molar-refractivity contribution in [3.8, 4) is 11.5 Å². The fourth-order valence-electron chi connectivity index (χ4n) is 3.75. The number of nitrogens with two attached hydrogens (primary N) is 1. The van der Waals surface area contributed by atoms with Crippen LogP contribution in [-0.4, -0.2) is 43.2 Å². The molecule has 4 rings (SSSR count). The molecule has 0 aliphatic carbocycles. The van der Waals surface area contributed by atoms with Crippen LogP contribution in [0.3, 0.4) is 0 Å². The number of rotatable bonds is 5. The van der Waals surface area contributed by atoms with E-state index in [1.165, 1.54) is 0 Å². The van der Waals surface area contributed by atoms with Gasteiger partial charge in [0, 0.05) is 30.2 Å². The predicted octanol–water partition coefficient (Wildman–Crippen LogP) is 3.08. The number of nitrogens with zero attached hydrogens (tertiary/aromatic N) is 3. The van der Waals surface area contributed by atoms with Gasteiger partial charge in [-0.3, -0.25) is 4.79 Å². The van der Waals surface area contributed by atoms with Crippen LogP contribution < -0.4 is 25.4 Å². The zero-order valence-electron chi connectivity index (χ0n) is 17.1. The SMILES string of the molecule is COc1cc2nc(N3CCCC(C(=O)Nc4ccccc4)C3)nc(N)c2cc1OC. The zero-order chi connectivity index (χ0) is 21.1. The third kappa shape index (κ3) is 3.94. The van der Waals surface area contributed by atoms with Gasteiger partial charge in [-0.15, -0.1) is 0 Å². The van der Waals surface area contributed by atoms with Gasteiger partial charge in [0.1, 0.15) is 5.82 Å². The second-order valence-corrected chi connectivity index (χ2v) is 7.27. The van der Waals surface area contributed by atoms with Crippen molar-refractivity contribution in [1.29, 1.82) is 0 Å².